The van der Waals surface area contributed by atoms with E-state index in [9.17, 15) is 4.39 Å². The number of benzene rings is 2. The minimum atomic E-state index is -0.246. The summed E-state index contributed by atoms with van der Waals surface area (Å²) in [4.78, 5) is 0. The van der Waals surface area contributed by atoms with Gasteiger partial charge >= 0.3 is 0 Å². The van der Waals surface area contributed by atoms with Crippen molar-refractivity contribution >= 4 is 39.1 Å². The quantitative estimate of drug-likeness (QED) is 0.567. The molecule has 0 aliphatic heterocycles. The largest absolute Gasteiger partial charge is 0.362 e. The lowest BCUT2D eigenvalue weighted by Gasteiger charge is -2.09. The molecule has 3 aromatic rings. The van der Waals surface area contributed by atoms with Gasteiger partial charge in [-0.05, 0) is 57.8 Å². The summed E-state index contributed by atoms with van der Waals surface area (Å²) in [7, 11) is 0. The molecule has 3 rings (SSSR count). The molecule has 0 atom stereocenters. The van der Waals surface area contributed by atoms with E-state index in [0.717, 1.165) is 23.0 Å². The molecule has 0 aliphatic rings. The van der Waals surface area contributed by atoms with Crippen LogP contribution in [0.4, 0.5) is 10.2 Å². The second-order valence-corrected chi connectivity index (χ2v) is 7.03. The van der Waals surface area contributed by atoms with E-state index in [2.05, 4.69) is 43.8 Å². The van der Waals surface area contributed by atoms with Gasteiger partial charge in [0.2, 0.25) is 0 Å². The highest BCUT2D eigenvalue weighted by atomic mass is 79.9. The van der Waals surface area contributed by atoms with Gasteiger partial charge in [-0.3, -0.25) is 4.68 Å². The Labute approximate surface area is 165 Å². The lowest BCUT2D eigenvalue weighted by Crippen LogP contribution is -2.30. The molecule has 0 radical (unpaired) electrons. The first-order chi connectivity index (χ1) is 12.6. The minimum Gasteiger partial charge on any atom is -0.362 e. The van der Waals surface area contributed by atoms with Crippen molar-refractivity contribution in [2.24, 2.45) is 0 Å². The zero-order chi connectivity index (χ0) is 18.4. The zero-order valence-corrected chi connectivity index (χ0v) is 16.4. The van der Waals surface area contributed by atoms with E-state index in [4.69, 9.17) is 12.2 Å². The van der Waals surface area contributed by atoms with Crippen LogP contribution in [0, 0.1) is 5.82 Å². The molecule has 2 aromatic carbocycles. The molecular formula is C19H18BrFN4S. The van der Waals surface area contributed by atoms with Crippen LogP contribution in [0.25, 0.3) is 0 Å². The predicted octanol–water partition coefficient (Wildman–Crippen LogP) is 4.36. The van der Waals surface area contributed by atoms with Gasteiger partial charge in [-0.1, -0.05) is 42.5 Å². The van der Waals surface area contributed by atoms with Crippen molar-refractivity contribution in [1.82, 2.24) is 15.1 Å². The molecule has 1 heterocycles. The Kier molecular flexibility index (Phi) is 6.35. The fraction of sp³-hybridized carbons (Fsp3) is 0.158. The van der Waals surface area contributed by atoms with E-state index in [-0.39, 0.29) is 5.82 Å². The van der Waals surface area contributed by atoms with E-state index in [0.29, 0.717) is 17.5 Å². The highest BCUT2D eigenvalue weighted by Gasteiger charge is 2.08. The molecule has 0 saturated carbocycles. The number of anilines is 1. The second-order valence-electron chi connectivity index (χ2n) is 5.77. The summed E-state index contributed by atoms with van der Waals surface area (Å²) in [5.74, 6) is 0.397. The Morgan fingerprint density at radius 1 is 1.08 bits per heavy atom. The van der Waals surface area contributed by atoms with Gasteiger partial charge in [0.05, 0.1) is 11.0 Å². The molecule has 7 heteroatoms. The maximum absolute atomic E-state index is 13.0. The summed E-state index contributed by atoms with van der Waals surface area (Å²) in [6.07, 6.45) is 2.75. The molecule has 0 aliphatic carbocycles. The fourth-order valence-electron chi connectivity index (χ4n) is 2.46. The molecule has 0 fully saturated rings. The van der Waals surface area contributed by atoms with Crippen LogP contribution in [0.15, 0.2) is 65.3 Å². The summed E-state index contributed by atoms with van der Waals surface area (Å²) in [6, 6.07) is 16.6. The van der Waals surface area contributed by atoms with Crippen LogP contribution in [0.2, 0.25) is 0 Å². The van der Waals surface area contributed by atoms with Crippen LogP contribution >= 0.6 is 28.1 Å². The third kappa shape index (κ3) is 5.37. The minimum absolute atomic E-state index is 0.246. The summed E-state index contributed by atoms with van der Waals surface area (Å²) >= 11 is 8.81. The standard InChI is InChI=1S/C19H18BrFN4S/c20-17-13-25(12-15-6-8-16(21)9-7-15)24-18(17)23-19(26)22-11-10-14-4-2-1-3-5-14/h1-9,13H,10-12H2,(H2,22,23,24,26). The van der Waals surface area contributed by atoms with Gasteiger partial charge in [0.1, 0.15) is 5.82 Å². The van der Waals surface area contributed by atoms with Crippen LogP contribution in [0.3, 0.4) is 0 Å². The van der Waals surface area contributed by atoms with Crippen LogP contribution in [0.1, 0.15) is 11.1 Å². The van der Waals surface area contributed by atoms with Crippen molar-refractivity contribution in [3.8, 4) is 0 Å². The van der Waals surface area contributed by atoms with Crippen LogP contribution < -0.4 is 10.6 Å². The van der Waals surface area contributed by atoms with Crippen LogP contribution in [-0.2, 0) is 13.0 Å². The summed E-state index contributed by atoms with van der Waals surface area (Å²) in [6.45, 7) is 1.29. The Morgan fingerprint density at radius 2 is 1.81 bits per heavy atom. The monoisotopic (exact) mass is 432 g/mol. The number of halogens is 2. The molecule has 0 amide bonds. The number of nitrogens with zero attached hydrogens (tertiary/aromatic N) is 2. The summed E-state index contributed by atoms with van der Waals surface area (Å²) < 4.78 is 15.6. The van der Waals surface area contributed by atoms with Gasteiger partial charge in [0.25, 0.3) is 0 Å². The van der Waals surface area contributed by atoms with Gasteiger partial charge in [-0.2, -0.15) is 5.10 Å². The molecule has 4 nitrogen and oxygen atoms in total. The van der Waals surface area contributed by atoms with Gasteiger partial charge < -0.3 is 10.6 Å². The first-order valence-electron chi connectivity index (χ1n) is 8.16. The highest BCUT2D eigenvalue weighted by Crippen LogP contribution is 2.20. The lowest BCUT2D eigenvalue weighted by atomic mass is 10.1. The topological polar surface area (TPSA) is 41.9 Å². The van der Waals surface area contributed by atoms with Gasteiger partial charge in [0.15, 0.2) is 10.9 Å². The molecule has 0 spiro atoms. The SMILES string of the molecule is Fc1ccc(Cn2cc(Br)c(NC(=S)NCCc3ccccc3)n2)cc1. The van der Waals surface area contributed by atoms with Gasteiger partial charge in [-0.25, -0.2) is 4.39 Å². The van der Waals surface area contributed by atoms with Crippen molar-refractivity contribution in [3.05, 3.63) is 82.2 Å². The Balaban J connectivity index is 1.52. The molecule has 1 aromatic heterocycles. The molecule has 26 heavy (non-hydrogen) atoms. The normalized spacial score (nSPS) is 10.5. The van der Waals surface area contributed by atoms with E-state index in [1.54, 1.807) is 16.8 Å². The number of nitrogens with one attached hydrogen (secondary N) is 2. The smallest absolute Gasteiger partial charge is 0.172 e. The fourth-order valence-corrected chi connectivity index (χ4v) is 3.07. The molecule has 134 valence electrons. The third-order valence-corrected chi connectivity index (χ3v) is 4.58. The third-order valence-electron chi connectivity index (χ3n) is 3.75. The van der Waals surface area contributed by atoms with Gasteiger partial charge in [-0.15, -0.1) is 0 Å². The molecule has 2 N–H and O–H groups in total. The second kappa shape index (κ2) is 8.91. The highest BCUT2D eigenvalue weighted by molar-refractivity contribution is 9.10. The number of hydrogen-bond donors (Lipinski definition) is 2. The van der Waals surface area contributed by atoms with E-state index >= 15 is 0 Å². The van der Waals surface area contributed by atoms with Gasteiger partial charge in [0, 0.05) is 12.7 Å². The number of hydrogen-bond acceptors (Lipinski definition) is 2. The van der Waals surface area contributed by atoms with Crippen LogP contribution in [-0.4, -0.2) is 21.4 Å². The summed E-state index contributed by atoms with van der Waals surface area (Å²) in [5, 5.41) is 11.3. The van der Waals surface area contributed by atoms with E-state index < -0.39 is 0 Å². The molecule has 0 bridgehead atoms. The van der Waals surface area contributed by atoms with Crippen molar-refractivity contribution in [3.63, 3.8) is 0 Å². The van der Waals surface area contributed by atoms with E-state index in [1.807, 2.05) is 24.4 Å². The zero-order valence-electron chi connectivity index (χ0n) is 14.0. The van der Waals surface area contributed by atoms with E-state index in [1.165, 1.54) is 17.7 Å². The lowest BCUT2D eigenvalue weighted by molar-refractivity contribution is 0.624. The van der Waals surface area contributed by atoms with Crippen molar-refractivity contribution < 1.29 is 4.39 Å². The average Bonchev–Trinajstić information content (AvgIpc) is 2.97. The maximum atomic E-state index is 13.0. The van der Waals surface area contributed by atoms with Crippen LogP contribution in [0.5, 0.6) is 0 Å². The molecule has 0 saturated heterocycles. The van der Waals surface area contributed by atoms with Crippen molar-refractivity contribution in [2.75, 3.05) is 11.9 Å². The molecular weight excluding hydrogens is 415 g/mol. The molecule has 0 unspecified atom stereocenters. The number of thiocarbonyl (C=S) groups is 1. The van der Waals surface area contributed by atoms with Crippen molar-refractivity contribution in [1.29, 1.82) is 0 Å². The number of aromatic nitrogens is 2. The Morgan fingerprint density at radius 3 is 2.54 bits per heavy atom. The number of rotatable bonds is 6. The predicted molar refractivity (Wildman–Crippen MR) is 110 cm³/mol. The first-order valence-corrected chi connectivity index (χ1v) is 9.36. The Hall–Kier alpha value is -2.25. The Bertz CT molecular complexity index is 865. The summed E-state index contributed by atoms with van der Waals surface area (Å²) in [5.41, 5.74) is 2.23. The van der Waals surface area contributed by atoms with Crippen molar-refractivity contribution in [2.45, 2.75) is 13.0 Å². The first kappa shape index (κ1) is 18.5. The maximum Gasteiger partial charge on any atom is 0.172 e. The average molecular weight is 433 g/mol.